The first-order valence-corrected chi connectivity index (χ1v) is 4.99. The fraction of sp³-hybridized carbons (Fsp3) is 0.333. The SMILES string of the molecule is CCC(Cc1ccccc1)(C(=O)[O-])C(=O)[O-].[Li+].[Na+]. The van der Waals surface area contributed by atoms with E-state index in [0.29, 0.717) is 5.56 Å². The summed E-state index contributed by atoms with van der Waals surface area (Å²) in [6.45, 7) is 1.49. The molecule has 0 aliphatic heterocycles. The van der Waals surface area contributed by atoms with Crippen molar-refractivity contribution >= 4 is 11.9 Å². The van der Waals surface area contributed by atoms with Crippen LogP contribution in [-0.2, 0) is 16.0 Å². The van der Waals surface area contributed by atoms with Crippen LogP contribution in [0.15, 0.2) is 30.3 Å². The number of carbonyl (C=O) groups excluding carboxylic acids is 2. The number of hydrogen-bond acceptors (Lipinski definition) is 4. The minimum atomic E-state index is -1.94. The molecule has 1 rings (SSSR count). The van der Waals surface area contributed by atoms with Crippen molar-refractivity contribution in [1.82, 2.24) is 0 Å². The van der Waals surface area contributed by atoms with Crippen LogP contribution in [0.1, 0.15) is 18.9 Å². The van der Waals surface area contributed by atoms with Crippen molar-refractivity contribution in [3.8, 4) is 0 Å². The van der Waals surface area contributed by atoms with Crippen molar-refractivity contribution in [1.29, 1.82) is 0 Å². The van der Waals surface area contributed by atoms with Gasteiger partial charge in [-0.3, -0.25) is 0 Å². The van der Waals surface area contributed by atoms with Gasteiger partial charge in [0.25, 0.3) is 0 Å². The zero-order valence-electron chi connectivity index (χ0n) is 10.9. The van der Waals surface area contributed by atoms with E-state index < -0.39 is 17.4 Å². The summed E-state index contributed by atoms with van der Waals surface area (Å²) in [4.78, 5) is 21.9. The zero-order chi connectivity index (χ0) is 12.2. The number of aliphatic carboxylic acids is 2. The molecule has 0 unspecified atom stereocenters. The molecule has 0 saturated carbocycles. The molecule has 0 saturated heterocycles. The van der Waals surface area contributed by atoms with Crippen molar-refractivity contribution < 1.29 is 68.2 Å². The van der Waals surface area contributed by atoms with Crippen LogP contribution in [0.2, 0.25) is 0 Å². The van der Waals surface area contributed by atoms with Crippen LogP contribution in [0, 0.1) is 5.41 Å². The van der Waals surface area contributed by atoms with E-state index in [1.807, 2.05) is 0 Å². The Kier molecular flexibility index (Phi) is 9.81. The third-order valence-electron chi connectivity index (χ3n) is 2.73. The molecule has 0 bridgehead atoms. The molecule has 0 fully saturated rings. The Morgan fingerprint density at radius 3 is 1.89 bits per heavy atom. The second kappa shape index (κ2) is 8.79. The van der Waals surface area contributed by atoms with Crippen molar-refractivity contribution in [2.75, 3.05) is 0 Å². The summed E-state index contributed by atoms with van der Waals surface area (Å²) in [7, 11) is 0. The standard InChI is InChI=1S/C12H14O4.Li.Na/c1-2-12(10(13)14,11(15)16)8-9-6-4-3-5-7-9;;/h3-7H,2,8H2,1H3,(H,13,14)(H,15,16);;/q;2*+1/p-2. The van der Waals surface area contributed by atoms with Crippen LogP contribution in [0.4, 0.5) is 0 Å². The van der Waals surface area contributed by atoms with Crippen molar-refractivity contribution in [3.05, 3.63) is 35.9 Å². The molecule has 4 nitrogen and oxygen atoms in total. The van der Waals surface area contributed by atoms with Crippen LogP contribution in [0.3, 0.4) is 0 Å². The minimum absolute atomic E-state index is 0. The molecular formula is C12H12LiNaO4. The average Bonchev–Trinajstić information content (AvgIpc) is 2.26. The van der Waals surface area contributed by atoms with Gasteiger partial charge in [-0.25, -0.2) is 0 Å². The van der Waals surface area contributed by atoms with Crippen LogP contribution >= 0.6 is 0 Å². The molecule has 0 amide bonds. The largest absolute Gasteiger partial charge is 1.00 e. The van der Waals surface area contributed by atoms with E-state index in [4.69, 9.17) is 0 Å². The Hall–Kier alpha value is -0.243. The molecule has 0 heterocycles. The van der Waals surface area contributed by atoms with Gasteiger partial charge in [0, 0.05) is 0 Å². The molecule has 0 aliphatic rings. The van der Waals surface area contributed by atoms with Crippen LogP contribution in [-0.4, -0.2) is 11.9 Å². The van der Waals surface area contributed by atoms with Gasteiger partial charge >= 0.3 is 48.4 Å². The van der Waals surface area contributed by atoms with Gasteiger partial charge in [-0.1, -0.05) is 37.3 Å². The number of hydrogen-bond donors (Lipinski definition) is 0. The summed E-state index contributed by atoms with van der Waals surface area (Å²) >= 11 is 0. The molecule has 1 aromatic carbocycles. The zero-order valence-corrected chi connectivity index (χ0v) is 12.9. The minimum Gasteiger partial charge on any atom is -0.549 e. The van der Waals surface area contributed by atoms with Crippen molar-refractivity contribution in [2.45, 2.75) is 19.8 Å². The maximum absolute atomic E-state index is 11.0. The van der Waals surface area contributed by atoms with E-state index in [1.54, 1.807) is 30.3 Å². The van der Waals surface area contributed by atoms with E-state index in [1.165, 1.54) is 6.92 Å². The summed E-state index contributed by atoms with van der Waals surface area (Å²) in [6, 6.07) is 8.57. The first-order valence-electron chi connectivity index (χ1n) is 4.99. The van der Waals surface area contributed by atoms with Gasteiger partial charge in [-0.05, 0) is 18.4 Å². The fourth-order valence-corrected chi connectivity index (χ4v) is 1.59. The molecule has 18 heavy (non-hydrogen) atoms. The molecule has 0 aromatic heterocycles. The molecule has 1 aromatic rings. The fourth-order valence-electron chi connectivity index (χ4n) is 1.59. The molecule has 0 aliphatic carbocycles. The van der Waals surface area contributed by atoms with Gasteiger partial charge < -0.3 is 19.8 Å². The third-order valence-corrected chi connectivity index (χ3v) is 2.73. The van der Waals surface area contributed by atoms with Crippen molar-refractivity contribution in [2.24, 2.45) is 5.41 Å². The maximum atomic E-state index is 11.0. The molecule has 86 valence electrons. The first-order chi connectivity index (χ1) is 7.53. The molecule has 6 heteroatoms. The molecular weight excluding hydrogens is 238 g/mol. The monoisotopic (exact) mass is 250 g/mol. The smallest absolute Gasteiger partial charge is 0.549 e. The van der Waals surface area contributed by atoms with Crippen LogP contribution in [0.5, 0.6) is 0 Å². The second-order valence-electron chi connectivity index (χ2n) is 3.67. The number of carboxylic acids is 2. The molecule has 0 atom stereocenters. The summed E-state index contributed by atoms with van der Waals surface area (Å²) in [5.41, 5.74) is -1.31. The predicted molar refractivity (Wildman–Crippen MR) is 52.9 cm³/mol. The van der Waals surface area contributed by atoms with Gasteiger partial charge in [0.1, 0.15) is 0 Å². The van der Waals surface area contributed by atoms with Gasteiger partial charge in [0.05, 0.1) is 17.4 Å². The van der Waals surface area contributed by atoms with Crippen LogP contribution in [0.25, 0.3) is 0 Å². The Bertz CT molecular complexity index is 380. The van der Waals surface area contributed by atoms with Gasteiger partial charge in [-0.2, -0.15) is 0 Å². The summed E-state index contributed by atoms with van der Waals surface area (Å²) < 4.78 is 0. The summed E-state index contributed by atoms with van der Waals surface area (Å²) in [6.07, 6.45) is -0.179. The average molecular weight is 250 g/mol. The molecule has 0 radical (unpaired) electrons. The van der Waals surface area contributed by atoms with Crippen LogP contribution < -0.4 is 58.6 Å². The Labute approximate surface area is 140 Å². The third kappa shape index (κ3) is 4.45. The molecule has 0 N–H and O–H groups in total. The number of rotatable bonds is 5. The predicted octanol–water partition coefficient (Wildman–Crippen LogP) is -6.87. The van der Waals surface area contributed by atoms with Crippen molar-refractivity contribution in [3.63, 3.8) is 0 Å². The van der Waals surface area contributed by atoms with E-state index in [9.17, 15) is 19.8 Å². The Morgan fingerprint density at radius 1 is 1.11 bits per heavy atom. The van der Waals surface area contributed by atoms with Gasteiger partial charge in [-0.15, -0.1) is 0 Å². The topological polar surface area (TPSA) is 80.3 Å². The summed E-state index contributed by atoms with van der Waals surface area (Å²) in [5, 5.41) is 21.9. The Morgan fingerprint density at radius 2 is 1.56 bits per heavy atom. The Balaban J connectivity index is 0. The first kappa shape index (κ1) is 20.1. The van der Waals surface area contributed by atoms with E-state index in [0.717, 1.165) is 0 Å². The number of carboxylic acid groups (broad SMARTS) is 2. The van der Waals surface area contributed by atoms with E-state index >= 15 is 0 Å². The van der Waals surface area contributed by atoms with E-state index in [-0.39, 0.29) is 61.3 Å². The maximum Gasteiger partial charge on any atom is 1.00 e. The van der Waals surface area contributed by atoms with Gasteiger partial charge in [0.2, 0.25) is 0 Å². The number of carbonyl (C=O) groups is 2. The second-order valence-corrected chi connectivity index (χ2v) is 3.67. The number of benzene rings is 1. The summed E-state index contributed by atoms with van der Waals surface area (Å²) in [5.74, 6) is -3.20. The van der Waals surface area contributed by atoms with Gasteiger partial charge in [0.15, 0.2) is 0 Å². The van der Waals surface area contributed by atoms with E-state index in [2.05, 4.69) is 0 Å². The molecule has 0 spiro atoms. The normalized spacial score (nSPS) is 9.83. The quantitative estimate of drug-likeness (QED) is 0.384.